The molecule has 0 spiro atoms. The van der Waals surface area contributed by atoms with E-state index in [2.05, 4.69) is 10.7 Å². The van der Waals surface area contributed by atoms with Crippen LogP contribution in [0.3, 0.4) is 0 Å². The Morgan fingerprint density at radius 1 is 1.00 bits per heavy atom. The van der Waals surface area contributed by atoms with Crippen LogP contribution in [0.15, 0.2) is 48.5 Å². The molecule has 2 aromatic carbocycles. The lowest BCUT2D eigenvalue weighted by Gasteiger charge is -2.05. The van der Waals surface area contributed by atoms with Gasteiger partial charge in [0, 0.05) is 5.56 Å². The number of methoxy groups -OCH3 is 1. The molecule has 0 aromatic heterocycles. The van der Waals surface area contributed by atoms with Crippen molar-refractivity contribution >= 4 is 11.9 Å². The summed E-state index contributed by atoms with van der Waals surface area (Å²) >= 11 is 0. The van der Waals surface area contributed by atoms with E-state index >= 15 is 0 Å². The number of carbonyl (C=O) groups is 2. The van der Waals surface area contributed by atoms with E-state index in [4.69, 9.17) is 11.2 Å². The van der Waals surface area contributed by atoms with Crippen LogP contribution in [0, 0.1) is 12.3 Å². The maximum atomic E-state index is 12.0. The topological polar surface area (TPSA) is 52.6 Å². The molecule has 21 heavy (non-hydrogen) atoms. The molecule has 0 aliphatic heterocycles. The molecular weight excluding hydrogens is 268 g/mol. The fraction of sp³-hybridized carbons (Fsp3) is 0.0588. The predicted molar refractivity (Wildman–Crippen MR) is 77.1 cm³/mol. The van der Waals surface area contributed by atoms with Crippen LogP contribution in [0.25, 0.3) is 0 Å². The summed E-state index contributed by atoms with van der Waals surface area (Å²) in [7, 11) is 1.28. The fourth-order valence-corrected chi connectivity index (χ4v) is 1.68. The zero-order chi connectivity index (χ0) is 15.2. The number of hydrogen-bond donors (Lipinski definition) is 0. The summed E-state index contributed by atoms with van der Waals surface area (Å²) < 4.78 is 9.81. The number of esters is 2. The van der Waals surface area contributed by atoms with Gasteiger partial charge in [-0.15, -0.1) is 6.42 Å². The first-order valence-corrected chi connectivity index (χ1v) is 6.11. The number of rotatable bonds is 3. The van der Waals surface area contributed by atoms with E-state index in [1.807, 2.05) is 0 Å². The zero-order valence-corrected chi connectivity index (χ0v) is 11.3. The van der Waals surface area contributed by atoms with Gasteiger partial charge in [0.1, 0.15) is 5.75 Å². The second-order valence-electron chi connectivity index (χ2n) is 4.13. The molecule has 0 unspecified atom stereocenters. The summed E-state index contributed by atoms with van der Waals surface area (Å²) in [5.74, 6) is 1.78. The van der Waals surface area contributed by atoms with Crippen LogP contribution in [0.5, 0.6) is 5.75 Å². The summed E-state index contributed by atoms with van der Waals surface area (Å²) in [6.07, 6.45) is 5.25. The first kappa shape index (κ1) is 14.4. The van der Waals surface area contributed by atoms with E-state index in [0.717, 1.165) is 0 Å². The Bertz CT molecular complexity index is 708. The minimum atomic E-state index is -0.561. The lowest BCUT2D eigenvalue weighted by atomic mass is 10.1. The van der Waals surface area contributed by atoms with Gasteiger partial charge in [-0.05, 0) is 42.5 Å². The number of terminal acetylenes is 1. The average molecular weight is 280 g/mol. The van der Waals surface area contributed by atoms with Crippen molar-refractivity contribution in [2.75, 3.05) is 7.11 Å². The van der Waals surface area contributed by atoms with Gasteiger partial charge in [0.05, 0.1) is 18.2 Å². The minimum absolute atomic E-state index is 0.263. The first-order chi connectivity index (χ1) is 10.1. The van der Waals surface area contributed by atoms with Crippen molar-refractivity contribution in [1.29, 1.82) is 0 Å². The first-order valence-electron chi connectivity index (χ1n) is 6.11. The number of hydrogen-bond acceptors (Lipinski definition) is 4. The number of carbonyl (C=O) groups excluding carboxylic acids is 2. The summed E-state index contributed by atoms with van der Waals surface area (Å²) in [4.78, 5) is 23.4. The molecule has 0 N–H and O–H groups in total. The van der Waals surface area contributed by atoms with Gasteiger partial charge in [0.15, 0.2) is 0 Å². The predicted octanol–water partition coefficient (Wildman–Crippen LogP) is 2.67. The highest BCUT2D eigenvalue weighted by molar-refractivity contribution is 5.96. The van der Waals surface area contributed by atoms with Crippen molar-refractivity contribution in [3.05, 3.63) is 65.2 Å². The molecule has 0 atom stereocenters. The summed E-state index contributed by atoms with van der Waals surface area (Å²) in [5.41, 5.74) is 1.25. The minimum Gasteiger partial charge on any atom is -0.465 e. The third-order valence-corrected chi connectivity index (χ3v) is 2.75. The number of ether oxygens (including phenoxy) is 2. The molecule has 0 amide bonds. The Kier molecular flexibility index (Phi) is 4.37. The third-order valence-electron chi connectivity index (χ3n) is 2.75. The lowest BCUT2D eigenvalue weighted by molar-refractivity contribution is 0.0600. The van der Waals surface area contributed by atoms with Crippen LogP contribution in [0.2, 0.25) is 0 Å². The summed E-state index contributed by atoms with van der Waals surface area (Å²) in [6.45, 7) is 0. The molecule has 104 valence electrons. The van der Waals surface area contributed by atoms with Gasteiger partial charge in [-0.25, -0.2) is 9.59 Å². The van der Waals surface area contributed by atoms with Gasteiger partial charge in [0.2, 0.25) is 0 Å². The monoisotopic (exact) mass is 280 g/mol. The Labute approximate surface area is 122 Å². The molecule has 4 nitrogen and oxygen atoms in total. The Morgan fingerprint density at radius 2 is 1.62 bits per heavy atom. The maximum absolute atomic E-state index is 12.0. The van der Waals surface area contributed by atoms with E-state index in [-0.39, 0.29) is 11.1 Å². The van der Waals surface area contributed by atoms with Gasteiger partial charge in [0.25, 0.3) is 0 Å². The van der Waals surface area contributed by atoms with Crippen molar-refractivity contribution < 1.29 is 19.1 Å². The van der Waals surface area contributed by atoms with Gasteiger partial charge in [-0.1, -0.05) is 12.0 Å². The normalized spacial score (nSPS) is 9.52. The van der Waals surface area contributed by atoms with Gasteiger partial charge in [-0.2, -0.15) is 0 Å². The van der Waals surface area contributed by atoms with Crippen LogP contribution >= 0.6 is 0 Å². The van der Waals surface area contributed by atoms with Crippen LogP contribution in [-0.2, 0) is 4.74 Å². The molecule has 0 bridgehead atoms. The molecule has 0 saturated heterocycles. The van der Waals surface area contributed by atoms with Crippen LogP contribution in [-0.4, -0.2) is 19.0 Å². The summed E-state index contributed by atoms with van der Waals surface area (Å²) in [6, 6.07) is 12.7. The number of benzene rings is 2. The molecular formula is C17H12O4. The molecule has 2 rings (SSSR count). The van der Waals surface area contributed by atoms with E-state index in [1.165, 1.54) is 13.2 Å². The van der Waals surface area contributed by atoms with E-state index in [0.29, 0.717) is 11.3 Å². The average Bonchev–Trinajstić information content (AvgIpc) is 2.55. The van der Waals surface area contributed by atoms with E-state index in [1.54, 1.807) is 42.5 Å². The quantitative estimate of drug-likeness (QED) is 0.493. The molecule has 0 aliphatic rings. The highest BCUT2D eigenvalue weighted by Crippen LogP contribution is 2.15. The van der Waals surface area contributed by atoms with E-state index in [9.17, 15) is 9.59 Å². The largest absolute Gasteiger partial charge is 0.465 e. The molecule has 0 heterocycles. The maximum Gasteiger partial charge on any atom is 0.343 e. The third kappa shape index (κ3) is 3.48. The molecule has 4 heteroatoms. The summed E-state index contributed by atoms with van der Waals surface area (Å²) in [5, 5.41) is 0. The van der Waals surface area contributed by atoms with Crippen molar-refractivity contribution in [2.24, 2.45) is 0 Å². The van der Waals surface area contributed by atoms with Crippen molar-refractivity contribution in [2.45, 2.75) is 0 Å². The highest BCUT2D eigenvalue weighted by atomic mass is 16.5. The van der Waals surface area contributed by atoms with E-state index < -0.39 is 11.9 Å². The van der Waals surface area contributed by atoms with Gasteiger partial charge < -0.3 is 9.47 Å². The zero-order valence-electron chi connectivity index (χ0n) is 11.3. The Balaban J connectivity index is 2.16. The van der Waals surface area contributed by atoms with Crippen molar-refractivity contribution in [1.82, 2.24) is 0 Å². The lowest BCUT2D eigenvalue weighted by Crippen LogP contribution is -2.10. The Morgan fingerprint density at radius 3 is 2.19 bits per heavy atom. The standard InChI is InChI=1S/C17H12O4/c1-3-12-7-9-15(10-8-12)21-17(19)14-6-4-5-13(11-14)16(18)20-2/h1,4-11H,2H3. The highest BCUT2D eigenvalue weighted by Gasteiger charge is 2.12. The van der Waals surface area contributed by atoms with Crippen LogP contribution < -0.4 is 4.74 Å². The fourth-order valence-electron chi connectivity index (χ4n) is 1.68. The Hall–Kier alpha value is -3.06. The van der Waals surface area contributed by atoms with Crippen LogP contribution in [0.1, 0.15) is 26.3 Å². The van der Waals surface area contributed by atoms with Gasteiger partial charge >= 0.3 is 11.9 Å². The smallest absolute Gasteiger partial charge is 0.343 e. The van der Waals surface area contributed by atoms with Crippen molar-refractivity contribution in [3.8, 4) is 18.1 Å². The SMILES string of the molecule is C#Cc1ccc(OC(=O)c2cccc(C(=O)OC)c2)cc1. The van der Waals surface area contributed by atoms with Crippen molar-refractivity contribution in [3.63, 3.8) is 0 Å². The molecule has 0 aliphatic carbocycles. The molecule has 0 radical (unpaired) electrons. The second-order valence-corrected chi connectivity index (χ2v) is 4.13. The molecule has 0 saturated carbocycles. The molecule has 2 aromatic rings. The van der Waals surface area contributed by atoms with Crippen LogP contribution in [0.4, 0.5) is 0 Å². The second kappa shape index (κ2) is 6.40. The van der Waals surface area contributed by atoms with Gasteiger partial charge in [-0.3, -0.25) is 0 Å². The molecule has 0 fully saturated rings.